The fourth-order valence-corrected chi connectivity index (χ4v) is 6.82. The molecule has 0 spiro atoms. The third-order valence-corrected chi connectivity index (χ3v) is 9.62. The quantitative estimate of drug-likeness (QED) is 0.246. The minimum atomic E-state index is -0.410. The summed E-state index contributed by atoms with van der Waals surface area (Å²) in [6, 6.07) is 2.72. The molecule has 3 aromatic rings. The standard InChI is InChI=1S/C34H38Cl2N6O6/c1-6-8-28(44)41-11-10-40(3)22(17-41)18-42-32-21(14-24(33(42)45)29-30(35)26(46-4)15-27(47-5)31(29)36)16-37-34(39-32)38-25-19-48-12-9-20(25)13-23(43)7-2/h7,14-16,20,22,25H,2,9-13,17-19H2,1,3-5H3,(H,37,38,39). The number of methoxy groups -OCH3 is 2. The molecule has 1 amide bonds. The first-order valence-corrected chi connectivity index (χ1v) is 16.3. The Morgan fingerprint density at radius 2 is 1.92 bits per heavy atom. The molecule has 0 radical (unpaired) electrons. The van der Waals surface area contributed by atoms with Crippen molar-refractivity contribution < 1.29 is 23.8 Å². The number of ether oxygens (including phenoxy) is 3. The van der Waals surface area contributed by atoms with E-state index in [9.17, 15) is 14.4 Å². The smallest absolute Gasteiger partial charge is 0.298 e. The van der Waals surface area contributed by atoms with Crippen LogP contribution in [-0.4, -0.2) is 102 Å². The van der Waals surface area contributed by atoms with Gasteiger partial charge in [0.2, 0.25) is 5.95 Å². The number of piperazine rings is 1. The van der Waals surface area contributed by atoms with E-state index < -0.39 is 5.56 Å². The molecule has 5 rings (SSSR count). The summed E-state index contributed by atoms with van der Waals surface area (Å²) in [6.07, 6.45) is 3.96. The number of carbonyl (C=O) groups is 2. The number of allylic oxidation sites excluding steroid dienone is 1. The molecule has 3 atom stereocenters. The van der Waals surface area contributed by atoms with Crippen molar-refractivity contribution in [3.63, 3.8) is 0 Å². The average Bonchev–Trinajstić information content (AvgIpc) is 3.08. The van der Waals surface area contributed by atoms with Crippen LogP contribution in [0.3, 0.4) is 0 Å². The summed E-state index contributed by atoms with van der Waals surface area (Å²) in [5.74, 6) is 5.82. The lowest BCUT2D eigenvalue weighted by Gasteiger charge is -2.39. The van der Waals surface area contributed by atoms with Gasteiger partial charge in [0.1, 0.15) is 17.1 Å². The Bertz CT molecular complexity index is 1830. The number of benzene rings is 1. The molecule has 3 unspecified atom stereocenters. The van der Waals surface area contributed by atoms with E-state index in [4.69, 9.17) is 42.4 Å². The first-order valence-electron chi connectivity index (χ1n) is 15.5. The summed E-state index contributed by atoms with van der Waals surface area (Å²) >= 11 is 13.6. The topological polar surface area (TPSA) is 128 Å². The lowest BCUT2D eigenvalue weighted by Crippen LogP contribution is -2.55. The van der Waals surface area contributed by atoms with Crippen LogP contribution < -0.4 is 20.3 Å². The van der Waals surface area contributed by atoms with E-state index >= 15 is 0 Å². The van der Waals surface area contributed by atoms with Crippen LogP contribution in [0.4, 0.5) is 5.95 Å². The Morgan fingerprint density at radius 3 is 2.58 bits per heavy atom. The average molecular weight is 698 g/mol. The van der Waals surface area contributed by atoms with Crippen LogP contribution in [-0.2, 0) is 20.9 Å². The number of pyridine rings is 1. The minimum Gasteiger partial charge on any atom is -0.495 e. The maximum atomic E-state index is 14.6. The first-order chi connectivity index (χ1) is 23.1. The summed E-state index contributed by atoms with van der Waals surface area (Å²) < 4.78 is 18.2. The van der Waals surface area contributed by atoms with Gasteiger partial charge in [-0.2, -0.15) is 4.98 Å². The van der Waals surface area contributed by atoms with E-state index in [0.29, 0.717) is 56.7 Å². The number of carbonyl (C=O) groups excluding carboxylic acids is 2. The number of hydrogen-bond donors (Lipinski definition) is 1. The van der Waals surface area contributed by atoms with Gasteiger partial charge in [0, 0.05) is 68.5 Å². The molecule has 1 aromatic carbocycles. The van der Waals surface area contributed by atoms with Crippen molar-refractivity contribution in [1.82, 2.24) is 24.3 Å². The predicted octanol–water partition coefficient (Wildman–Crippen LogP) is 3.91. The van der Waals surface area contributed by atoms with Crippen LogP contribution in [0, 0.1) is 17.8 Å². The Morgan fingerprint density at radius 1 is 1.19 bits per heavy atom. The molecule has 14 heteroatoms. The SMILES string of the molecule is C=CC(=O)CC1CCOCC1Nc1ncc2cc(-c3c(Cl)c(OC)cc(OC)c3Cl)c(=O)n(CC3CN(C(=O)C#CC)CCN3C)c2n1. The molecule has 12 nitrogen and oxygen atoms in total. The van der Waals surface area contributed by atoms with Gasteiger partial charge in [-0.05, 0) is 44.4 Å². The van der Waals surface area contributed by atoms with E-state index in [1.165, 1.54) is 20.3 Å². The number of likely N-dealkylation sites (N-methyl/N-ethyl adjacent to an activating group) is 1. The summed E-state index contributed by atoms with van der Waals surface area (Å²) in [5, 5.41) is 4.18. The number of anilines is 1. The lowest BCUT2D eigenvalue weighted by molar-refractivity contribution is -0.127. The minimum absolute atomic E-state index is 0.00827. The number of nitrogens with zero attached hydrogens (tertiary/aromatic N) is 5. The predicted molar refractivity (Wildman–Crippen MR) is 185 cm³/mol. The van der Waals surface area contributed by atoms with Gasteiger partial charge in [-0.1, -0.05) is 35.7 Å². The van der Waals surface area contributed by atoms with Gasteiger partial charge >= 0.3 is 0 Å². The summed E-state index contributed by atoms with van der Waals surface area (Å²) in [7, 11) is 4.87. The number of ketones is 1. The van der Waals surface area contributed by atoms with Crippen molar-refractivity contribution in [2.24, 2.45) is 5.92 Å². The molecule has 1 N–H and O–H groups in total. The normalized spacial score (nSPS) is 19.7. The van der Waals surface area contributed by atoms with Crippen molar-refractivity contribution in [2.75, 3.05) is 59.4 Å². The molecule has 254 valence electrons. The van der Waals surface area contributed by atoms with Crippen molar-refractivity contribution in [2.45, 2.75) is 38.4 Å². The Balaban J connectivity index is 1.64. The number of hydrogen-bond acceptors (Lipinski definition) is 10. The van der Waals surface area contributed by atoms with Crippen LogP contribution >= 0.6 is 23.2 Å². The largest absolute Gasteiger partial charge is 0.495 e. The van der Waals surface area contributed by atoms with Crippen molar-refractivity contribution in [3.05, 3.63) is 51.4 Å². The second-order valence-electron chi connectivity index (χ2n) is 11.7. The van der Waals surface area contributed by atoms with E-state index in [0.717, 1.165) is 0 Å². The summed E-state index contributed by atoms with van der Waals surface area (Å²) in [4.78, 5) is 52.7. The highest BCUT2D eigenvalue weighted by atomic mass is 35.5. The van der Waals surface area contributed by atoms with Crippen molar-refractivity contribution in [3.8, 4) is 34.5 Å². The number of amides is 1. The maximum absolute atomic E-state index is 14.6. The molecule has 2 aromatic heterocycles. The first kappa shape index (κ1) is 35.2. The van der Waals surface area contributed by atoms with Crippen LogP contribution in [0.2, 0.25) is 10.0 Å². The van der Waals surface area contributed by atoms with Crippen molar-refractivity contribution >= 4 is 51.9 Å². The summed E-state index contributed by atoms with van der Waals surface area (Å²) in [6.45, 7) is 7.78. The van der Waals surface area contributed by atoms with Crippen LogP contribution in [0.1, 0.15) is 19.8 Å². The van der Waals surface area contributed by atoms with Gasteiger partial charge in [-0.15, -0.1) is 0 Å². The summed E-state index contributed by atoms with van der Waals surface area (Å²) in [5.41, 5.74) is 0.403. The van der Waals surface area contributed by atoms with Gasteiger partial charge < -0.3 is 24.4 Å². The lowest BCUT2D eigenvalue weighted by atomic mass is 9.90. The number of fused-ring (bicyclic) bond motifs is 1. The van der Waals surface area contributed by atoms with Gasteiger partial charge in [0.25, 0.3) is 11.5 Å². The molecule has 2 aliphatic heterocycles. The highest BCUT2D eigenvalue weighted by Gasteiger charge is 2.31. The Kier molecular flexibility index (Phi) is 11.3. The van der Waals surface area contributed by atoms with Gasteiger partial charge in [-0.25, -0.2) is 4.98 Å². The van der Waals surface area contributed by atoms with E-state index in [1.54, 1.807) is 34.7 Å². The highest BCUT2D eigenvalue weighted by Crippen LogP contribution is 2.45. The zero-order chi connectivity index (χ0) is 34.5. The number of rotatable bonds is 10. The van der Waals surface area contributed by atoms with Crippen LogP contribution in [0.5, 0.6) is 11.5 Å². The molecule has 48 heavy (non-hydrogen) atoms. The molecule has 0 bridgehead atoms. The monoisotopic (exact) mass is 696 g/mol. The molecule has 2 aliphatic rings. The fourth-order valence-electron chi connectivity index (χ4n) is 6.12. The molecular weight excluding hydrogens is 659 g/mol. The van der Waals surface area contributed by atoms with Gasteiger partial charge in [0.15, 0.2) is 5.78 Å². The molecule has 2 fully saturated rings. The van der Waals surface area contributed by atoms with E-state index in [1.807, 2.05) is 7.05 Å². The Labute approximate surface area is 289 Å². The van der Waals surface area contributed by atoms with Crippen molar-refractivity contribution in [1.29, 1.82) is 0 Å². The number of halogens is 2. The van der Waals surface area contributed by atoms with Gasteiger partial charge in [-0.3, -0.25) is 23.9 Å². The second kappa shape index (κ2) is 15.4. The second-order valence-corrected chi connectivity index (χ2v) is 12.5. The number of aromatic nitrogens is 3. The number of nitrogens with one attached hydrogen (secondary N) is 1. The highest BCUT2D eigenvalue weighted by molar-refractivity contribution is 6.41. The molecular formula is C34H38Cl2N6O6. The zero-order valence-corrected chi connectivity index (χ0v) is 28.9. The third kappa shape index (κ3) is 7.29. The maximum Gasteiger partial charge on any atom is 0.298 e. The third-order valence-electron chi connectivity index (χ3n) is 8.86. The van der Waals surface area contributed by atoms with Crippen LogP contribution in [0.15, 0.2) is 35.8 Å². The molecule has 0 saturated carbocycles. The molecule has 0 aliphatic carbocycles. The fraction of sp³-hybridized carbons (Fsp3) is 0.441. The molecule has 2 saturated heterocycles. The van der Waals surface area contributed by atoms with E-state index in [-0.39, 0.29) is 74.9 Å². The zero-order valence-electron chi connectivity index (χ0n) is 27.3. The Hall–Kier alpha value is -4.15. The van der Waals surface area contributed by atoms with Crippen LogP contribution in [0.25, 0.3) is 22.2 Å². The van der Waals surface area contributed by atoms with E-state index in [2.05, 4.69) is 33.6 Å². The van der Waals surface area contributed by atoms with Gasteiger partial charge in [0.05, 0.1) is 42.5 Å². The molecule has 4 heterocycles.